The van der Waals surface area contributed by atoms with Crippen molar-refractivity contribution in [3.8, 4) is 5.69 Å². The molecule has 0 fully saturated rings. The van der Waals surface area contributed by atoms with Crippen LogP contribution < -0.4 is 5.32 Å². The molecule has 1 aromatic heterocycles. The molecule has 6 nitrogen and oxygen atoms in total. The van der Waals surface area contributed by atoms with E-state index in [0.29, 0.717) is 5.16 Å². The first-order chi connectivity index (χ1) is 12.4. The van der Waals surface area contributed by atoms with Gasteiger partial charge in [-0.2, -0.15) is 4.68 Å². The van der Waals surface area contributed by atoms with Crippen molar-refractivity contribution < 1.29 is 4.79 Å². The molecule has 0 atom stereocenters. The molecule has 0 saturated carbocycles. The van der Waals surface area contributed by atoms with E-state index in [9.17, 15) is 4.79 Å². The number of aryl methyl sites for hydroxylation is 3. The van der Waals surface area contributed by atoms with Crippen LogP contribution in [0, 0.1) is 20.8 Å². The van der Waals surface area contributed by atoms with Crippen molar-refractivity contribution in [2.24, 2.45) is 0 Å². The van der Waals surface area contributed by atoms with Gasteiger partial charge in [0.2, 0.25) is 11.1 Å². The molecule has 0 saturated heterocycles. The number of hydrogen-bond donors (Lipinski definition) is 1. The number of rotatable bonds is 5. The first kappa shape index (κ1) is 18.6. The second-order valence-corrected chi connectivity index (χ2v) is 7.76. The minimum Gasteiger partial charge on any atom is -0.325 e. The van der Waals surface area contributed by atoms with Crippen LogP contribution in [0.15, 0.2) is 46.0 Å². The number of benzene rings is 2. The zero-order valence-corrected chi connectivity index (χ0v) is 17.1. The summed E-state index contributed by atoms with van der Waals surface area (Å²) in [5.41, 5.74) is 4.95. The normalized spacial score (nSPS) is 10.8. The fourth-order valence-electron chi connectivity index (χ4n) is 2.42. The first-order valence-corrected chi connectivity index (χ1v) is 9.76. The van der Waals surface area contributed by atoms with Gasteiger partial charge >= 0.3 is 0 Å². The number of carbonyl (C=O) groups is 1. The lowest BCUT2D eigenvalue weighted by atomic mass is 10.1. The van der Waals surface area contributed by atoms with Crippen molar-refractivity contribution in [1.29, 1.82) is 0 Å². The number of thioether (sulfide) groups is 1. The minimum atomic E-state index is -0.104. The van der Waals surface area contributed by atoms with E-state index in [-0.39, 0.29) is 11.7 Å². The lowest BCUT2D eigenvalue weighted by Crippen LogP contribution is -2.14. The van der Waals surface area contributed by atoms with Gasteiger partial charge in [-0.05, 0) is 72.2 Å². The van der Waals surface area contributed by atoms with Gasteiger partial charge in [0.25, 0.3) is 0 Å². The fraction of sp³-hybridized carbons (Fsp3) is 0.222. The van der Waals surface area contributed by atoms with Gasteiger partial charge in [0.15, 0.2) is 0 Å². The van der Waals surface area contributed by atoms with Gasteiger partial charge < -0.3 is 5.32 Å². The van der Waals surface area contributed by atoms with Crippen molar-refractivity contribution in [2.75, 3.05) is 11.1 Å². The molecule has 1 amide bonds. The minimum absolute atomic E-state index is 0.104. The number of aromatic nitrogens is 4. The van der Waals surface area contributed by atoms with Crippen LogP contribution in [0.5, 0.6) is 0 Å². The van der Waals surface area contributed by atoms with Gasteiger partial charge in [-0.25, -0.2) is 0 Å². The molecule has 0 spiro atoms. The Morgan fingerprint density at radius 3 is 2.73 bits per heavy atom. The van der Waals surface area contributed by atoms with Crippen molar-refractivity contribution >= 4 is 39.3 Å². The Morgan fingerprint density at radius 1 is 1.15 bits per heavy atom. The average Bonchev–Trinajstić information content (AvgIpc) is 3.07. The molecule has 3 aromatic rings. The third-order valence-electron chi connectivity index (χ3n) is 3.81. The summed E-state index contributed by atoms with van der Waals surface area (Å²) in [6.45, 7) is 6.01. The number of amides is 1. The Bertz CT molecular complexity index is 957. The quantitative estimate of drug-likeness (QED) is 0.616. The van der Waals surface area contributed by atoms with Gasteiger partial charge in [-0.3, -0.25) is 4.79 Å². The van der Waals surface area contributed by atoms with Crippen LogP contribution in [-0.4, -0.2) is 31.9 Å². The van der Waals surface area contributed by atoms with Gasteiger partial charge in [0.1, 0.15) is 0 Å². The Morgan fingerprint density at radius 2 is 1.96 bits per heavy atom. The molecular weight excluding hydrogens is 414 g/mol. The molecule has 1 heterocycles. The van der Waals surface area contributed by atoms with E-state index in [0.717, 1.165) is 32.5 Å². The van der Waals surface area contributed by atoms with Crippen LogP contribution in [0.3, 0.4) is 0 Å². The SMILES string of the molecule is Cc1ccc(C)c(-n2nnnc2SCC(=O)Nc2ccc(Br)c(C)c2)c1. The summed E-state index contributed by atoms with van der Waals surface area (Å²) in [4.78, 5) is 12.3. The maximum Gasteiger partial charge on any atom is 0.234 e. The summed E-state index contributed by atoms with van der Waals surface area (Å²) in [5, 5.41) is 15.4. The molecule has 26 heavy (non-hydrogen) atoms. The highest BCUT2D eigenvalue weighted by Gasteiger charge is 2.13. The number of nitrogens with one attached hydrogen (secondary N) is 1. The van der Waals surface area contributed by atoms with Gasteiger partial charge in [-0.1, -0.05) is 39.8 Å². The van der Waals surface area contributed by atoms with Gasteiger partial charge in [-0.15, -0.1) is 5.10 Å². The second kappa shape index (κ2) is 8.01. The summed E-state index contributed by atoms with van der Waals surface area (Å²) < 4.78 is 2.68. The van der Waals surface area contributed by atoms with E-state index < -0.39 is 0 Å². The number of carbonyl (C=O) groups excluding carboxylic acids is 1. The highest BCUT2D eigenvalue weighted by atomic mass is 79.9. The third kappa shape index (κ3) is 4.31. The predicted octanol–water partition coefficient (Wildman–Crippen LogP) is 4.08. The Labute approximate surface area is 164 Å². The molecule has 134 valence electrons. The van der Waals surface area contributed by atoms with Crippen LogP contribution in [0.4, 0.5) is 5.69 Å². The van der Waals surface area contributed by atoms with Crippen molar-refractivity contribution in [3.05, 3.63) is 57.6 Å². The van der Waals surface area contributed by atoms with Crippen LogP contribution in [-0.2, 0) is 4.79 Å². The molecule has 1 N–H and O–H groups in total. The Hall–Kier alpha value is -2.19. The average molecular weight is 432 g/mol. The first-order valence-electron chi connectivity index (χ1n) is 7.99. The molecule has 8 heteroatoms. The summed E-state index contributed by atoms with van der Waals surface area (Å²) in [6.07, 6.45) is 0. The Balaban J connectivity index is 1.69. The summed E-state index contributed by atoms with van der Waals surface area (Å²) in [7, 11) is 0. The van der Waals surface area contributed by atoms with E-state index in [4.69, 9.17) is 0 Å². The smallest absolute Gasteiger partial charge is 0.234 e. The standard InChI is InChI=1S/C18H18BrN5OS/c1-11-4-5-12(2)16(8-11)24-18(21-22-23-24)26-10-17(25)20-14-6-7-15(19)13(3)9-14/h4-9H,10H2,1-3H3,(H,20,25). The van der Waals surface area contributed by atoms with E-state index in [1.54, 1.807) is 4.68 Å². The monoisotopic (exact) mass is 431 g/mol. The number of nitrogens with zero attached hydrogens (tertiary/aromatic N) is 4. The zero-order valence-electron chi connectivity index (χ0n) is 14.7. The van der Waals surface area contributed by atoms with Gasteiger partial charge in [0, 0.05) is 10.2 Å². The molecule has 0 unspecified atom stereocenters. The molecular formula is C18H18BrN5OS. The van der Waals surface area contributed by atoms with Crippen LogP contribution >= 0.6 is 27.7 Å². The molecule has 3 rings (SSSR count). The number of halogens is 1. The van der Waals surface area contributed by atoms with E-state index in [2.05, 4.69) is 36.8 Å². The Kier molecular flexibility index (Phi) is 5.73. The van der Waals surface area contributed by atoms with Crippen LogP contribution in [0.2, 0.25) is 0 Å². The van der Waals surface area contributed by atoms with Crippen molar-refractivity contribution in [3.63, 3.8) is 0 Å². The van der Waals surface area contributed by atoms with E-state index >= 15 is 0 Å². The maximum absolute atomic E-state index is 12.3. The summed E-state index contributed by atoms with van der Waals surface area (Å²) in [5.74, 6) is 0.118. The topological polar surface area (TPSA) is 72.7 Å². The van der Waals surface area contributed by atoms with E-state index in [1.165, 1.54) is 11.8 Å². The summed E-state index contributed by atoms with van der Waals surface area (Å²) >= 11 is 4.76. The molecule has 0 aliphatic carbocycles. The van der Waals surface area contributed by atoms with Gasteiger partial charge in [0.05, 0.1) is 11.4 Å². The lowest BCUT2D eigenvalue weighted by Gasteiger charge is -2.09. The highest BCUT2D eigenvalue weighted by Crippen LogP contribution is 2.23. The third-order valence-corrected chi connectivity index (χ3v) is 5.62. The maximum atomic E-state index is 12.3. The number of tetrazole rings is 1. The lowest BCUT2D eigenvalue weighted by molar-refractivity contribution is -0.113. The molecule has 0 radical (unpaired) electrons. The molecule has 2 aromatic carbocycles. The molecule has 0 aliphatic rings. The second-order valence-electron chi connectivity index (χ2n) is 5.96. The molecule has 0 aliphatic heterocycles. The van der Waals surface area contributed by atoms with Crippen LogP contribution in [0.25, 0.3) is 5.69 Å². The highest BCUT2D eigenvalue weighted by molar-refractivity contribution is 9.10. The fourth-order valence-corrected chi connectivity index (χ4v) is 3.35. The predicted molar refractivity (Wildman–Crippen MR) is 107 cm³/mol. The van der Waals surface area contributed by atoms with Crippen LogP contribution in [0.1, 0.15) is 16.7 Å². The number of hydrogen-bond acceptors (Lipinski definition) is 5. The number of anilines is 1. The summed E-state index contributed by atoms with van der Waals surface area (Å²) in [6, 6.07) is 11.8. The molecule has 0 bridgehead atoms. The zero-order chi connectivity index (χ0) is 18.7. The van der Waals surface area contributed by atoms with Crippen molar-refractivity contribution in [1.82, 2.24) is 20.2 Å². The van der Waals surface area contributed by atoms with Crippen molar-refractivity contribution in [2.45, 2.75) is 25.9 Å². The van der Waals surface area contributed by atoms with E-state index in [1.807, 2.05) is 57.2 Å². The largest absolute Gasteiger partial charge is 0.325 e.